The van der Waals surface area contributed by atoms with Crippen LogP contribution in [0.5, 0.6) is 0 Å². The third-order valence-electron chi connectivity index (χ3n) is 3.08. The molecule has 2 rings (SSSR count). The quantitative estimate of drug-likeness (QED) is 0.528. The summed E-state index contributed by atoms with van der Waals surface area (Å²) < 4.78 is 3.89. The van der Waals surface area contributed by atoms with Gasteiger partial charge in [-0.05, 0) is 0 Å². The van der Waals surface area contributed by atoms with Gasteiger partial charge in [-0.1, -0.05) is 0 Å². The molecule has 0 heterocycles. The molecule has 1 unspecified atom stereocenters. The van der Waals surface area contributed by atoms with Crippen LogP contribution in [0.3, 0.4) is 0 Å². The third-order valence-corrected chi connectivity index (χ3v) is 20.9. The Morgan fingerprint density at radius 3 is 2.47 bits per heavy atom. The SMILES string of the molecule is CC(=O)[NH][Zr+2]([CH]1C=Cc2ccccc21)[SiH](C)C.[Cl-].[Cl-]. The zero-order valence-corrected chi connectivity index (χ0v) is 16.4. The summed E-state index contributed by atoms with van der Waals surface area (Å²) in [5.74, 6) is -0.575. The van der Waals surface area contributed by atoms with Crippen molar-refractivity contribution in [2.24, 2.45) is 0 Å². The molecule has 1 N–H and O–H groups in total. The van der Waals surface area contributed by atoms with Crippen LogP contribution in [-0.2, 0) is 26.0 Å². The number of halogens is 2. The molecule has 0 aromatic heterocycles. The number of carbonyl (C=O) groups is 1. The van der Waals surface area contributed by atoms with Gasteiger partial charge >= 0.3 is 112 Å². The van der Waals surface area contributed by atoms with Crippen molar-refractivity contribution in [2.45, 2.75) is 23.6 Å². The van der Waals surface area contributed by atoms with Gasteiger partial charge in [0.15, 0.2) is 0 Å². The second-order valence-corrected chi connectivity index (χ2v) is 23.6. The summed E-state index contributed by atoms with van der Waals surface area (Å²) in [5.41, 5.74) is 2.78. The molecule has 1 atom stereocenters. The number of nitrogens with one attached hydrogen (secondary N) is 1. The van der Waals surface area contributed by atoms with Crippen molar-refractivity contribution in [2.75, 3.05) is 0 Å². The van der Waals surface area contributed by atoms with Crippen LogP contribution in [0.15, 0.2) is 30.3 Å². The van der Waals surface area contributed by atoms with Crippen molar-refractivity contribution in [3.63, 3.8) is 0 Å². The van der Waals surface area contributed by atoms with Gasteiger partial charge in [-0.15, -0.1) is 0 Å². The fourth-order valence-corrected chi connectivity index (χ4v) is 17.3. The molecular weight excluding hydrogens is 376 g/mol. The fraction of sp³-hybridized carbons (Fsp3) is 0.308. The van der Waals surface area contributed by atoms with Gasteiger partial charge in [0.1, 0.15) is 0 Å². The molecule has 1 aliphatic rings. The molecule has 1 aliphatic carbocycles. The van der Waals surface area contributed by atoms with Crippen molar-refractivity contribution in [3.8, 4) is 0 Å². The van der Waals surface area contributed by atoms with Gasteiger partial charge in [0.05, 0.1) is 0 Å². The van der Waals surface area contributed by atoms with E-state index in [4.69, 9.17) is 0 Å². The second-order valence-electron chi connectivity index (χ2n) is 4.76. The molecular formula is C13H18Cl2NOSiZr. The Hall–Kier alpha value is 0.110. The van der Waals surface area contributed by atoms with Crippen LogP contribution < -0.4 is 28.1 Å². The van der Waals surface area contributed by atoms with Crippen LogP contribution in [-0.4, -0.2) is 11.8 Å². The summed E-state index contributed by atoms with van der Waals surface area (Å²) in [6, 6.07) is 8.58. The number of allylic oxidation sites excluding steroid dienone is 1. The molecule has 0 fully saturated rings. The van der Waals surface area contributed by atoms with Gasteiger partial charge in [-0.3, -0.25) is 0 Å². The van der Waals surface area contributed by atoms with E-state index in [-0.39, 0.29) is 30.7 Å². The molecule has 2 nitrogen and oxygen atoms in total. The van der Waals surface area contributed by atoms with Crippen molar-refractivity contribution < 1.29 is 50.8 Å². The standard InChI is InChI=1S/C9H7.C2H5NO.C2H7Si.2ClH.Zr/c1-2-5-9-7-3-6-8(9)4-1;1-2(3)4;1-3-2;;;/h1-7H;1H3,(H2,3,4);3H,1-2H3;2*1H;/q;;;;;+3/p-3. The molecule has 0 bridgehead atoms. The minimum absolute atomic E-state index is 0. The molecule has 1 aromatic carbocycles. The molecule has 1 aromatic rings. The number of hydrogen-bond acceptors (Lipinski definition) is 1. The van der Waals surface area contributed by atoms with E-state index < -0.39 is 27.1 Å². The average molecular weight is 395 g/mol. The molecule has 0 saturated carbocycles. The summed E-state index contributed by atoms with van der Waals surface area (Å²) >= 11 is -1.83. The predicted octanol–water partition coefficient (Wildman–Crippen LogP) is -3.58. The Morgan fingerprint density at radius 1 is 1.26 bits per heavy atom. The molecule has 6 heteroatoms. The van der Waals surface area contributed by atoms with Gasteiger partial charge in [-0.2, -0.15) is 0 Å². The van der Waals surface area contributed by atoms with Gasteiger partial charge in [0.25, 0.3) is 0 Å². The maximum atomic E-state index is 11.4. The normalized spacial score (nSPS) is 15.3. The molecule has 19 heavy (non-hydrogen) atoms. The number of amides is 1. The van der Waals surface area contributed by atoms with Gasteiger partial charge in [0, 0.05) is 0 Å². The van der Waals surface area contributed by atoms with Crippen molar-refractivity contribution in [3.05, 3.63) is 41.5 Å². The second kappa shape index (κ2) is 8.41. The summed E-state index contributed by atoms with van der Waals surface area (Å²) in [7, 11) is 0. The Morgan fingerprint density at radius 2 is 1.89 bits per heavy atom. The topological polar surface area (TPSA) is 29.1 Å². The molecule has 103 valence electrons. The van der Waals surface area contributed by atoms with Crippen LogP contribution in [0.25, 0.3) is 6.08 Å². The molecule has 0 saturated heterocycles. The Bertz CT molecular complexity index is 468. The third kappa shape index (κ3) is 4.56. The first-order valence-corrected chi connectivity index (χ1v) is 15.8. The zero-order chi connectivity index (χ0) is 12.4. The monoisotopic (exact) mass is 392 g/mol. The van der Waals surface area contributed by atoms with Crippen LogP contribution in [0.4, 0.5) is 0 Å². The van der Waals surface area contributed by atoms with Crippen LogP contribution >= 0.6 is 0 Å². The van der Waals surface area contributed by atoms with Crippen molar-refractivity contribution in [1.82, 2.24) is 3.26 Å². The van der Waals surface area contributed by atoms with Gasteiger partial charge < -0.3 is 24.8 Å². The Labute approximate surface area is 136 Å². The van der Waals surface area contributed by atoms with Crippen LogP contribution in [0.1, 0.15) is 21.7 Å². The van der Waals surface area contributed by atoms with Crippen molar-refractivity contribution >= 4 is 17.9 Å². The smallest absolute Gasteiger partial charge is 1.00 e. The zero-order valence-electron chi connectivity index (χ0n) is 11.3. The molecule has 0 spiro atoms. The Balaban J connectivity index is 0.00000162. The number of carbonyl (C=O) groups excluding carboxylic acids is 1. The molecule has 0 radical (unpaired) electrons. The van der Waals surface area contributed by atoms with Crippen LogP contribution in [0.2, 0.25) is 13.1 Å². The van der Waals surface area contributed by atoms with E-state index in [1.807, 2.05) is 0 Å². The number of benzene rings is 1. The van der Waals surface area contributed by atoms with E-state index in [2.05, 4.69) is 52.8 Å². The molecule has 1 amide bonds. The maximum absolute atomic E-state index is 11.4. The van der Waals surface area contributed by atoms with E-state index in [0.717, 1.165) is 0 Å². The number of rotatable bonds is 3. The summed E-state index contributed by atoms with van der Waals surface area (Å²) in [6.45, 7) is 6.40. The largest absolute Gasteiger partial charge is 1.00 e. The predicted molar refractivity (Wildman–Crippen MR) is 70.9 cm³/mol. The average Bonchev–Trinajstić information content (AvgIpc) is 2.69. The van der Waals surface area contributed by atoms with Gasteiger partial charge in [-0.25, -0.2) is 0 Å². The first-order chi connectivity index (χ1) is 8.09. The summed E-state index contributed by atoms with van der Waals surface area (Å²) in [6.07, 6.45) is 4.54. The summed E-state index contributed by atoms with van der Waals surface area (Å²) in [5, 5.41) is 0. The van der Waals surface area contributed by atoms with Gasteiger partial charge in [0.2, 0.25) is 0 Å². The summed E-state index contributed by atoms with van der Waals surface area (Å²) in [4.78, 5) is 11.4. The maximum Gasteiger partial charge on any atom is -1.00 e. The van der Waals surface area contributed by atoms with E-state index in [0.29, 0.717) is 3.63 Å². The molecule has 0 aliphatic heterocycles. The number of hydrogen-bond donors (Lipinski definition) is 1. The van der Waals surface area contributed by atoms with Crippen molar-refractivity contribution in [1.29, 1.82) is 0 Å². The minimum atomic E-state index is -1.83. The van der Waals surface area contributed by atoms with E-state index in [1.54, 1.807) is 6.92 Å². The first kappa shape index (κ1) is 19.1. The Kier molecular flexibility index (Phi) is 8.46. The van der Waals surface area contributed by atoms with E-state index in [1.165, 1.54) is 11.1 Å². The van der Waals surface area contributed by atoms with E-state index in [9.17, 15) is 4.79 Å². The van der Waals surface area contributed by atoms with E-state index >= 15 is 0 Å². The fourth-order valence-electron chi connectivity index (χ4n) is 2.31. The van der Waals surface area contributed by atoms with Crippen LogP contribution in [0, 0.1) is 0 Å². The first-order valence-electron chi connectivity index (χ1n) is 6.01. The number of fused-ring (bicyclic) bond motifs is 1. The minimum Gasteiger partial charge on any atom is -1.00 e.